The maximum absolute atomic E-state index is 12.6. The second-order valence-corrected chi connectivity index (χ2v) is 10.5. The Kier molecular flexibility index (Phi) is 13.8. The van der Waals surface area contributed by atoms with Crippen LogP contribution in [0.3, 0.4) is 0 Å². The van der Waals surface area contributed by atoms with Gasteiger partial charge in [0.25, 0.3) is 0 Å². The molecular weight excluding hydrogens is 500 g/mol. The minimum absolute atomic E-state index is 0.417. The van der Waals surface area contributed by atoms with Crippen molar-refractivity contribution in [3.05, 3.63) is 78.4 Å². The zero-order valence-corrected chi connectivity index (χ0v) is 24.3. The molecule has 3 aromatic rings. The van der Waals surface area contributed by atoms with Crippen LogP contribution in [0, 0.1) is 5.92 Å². The highest BCUT2D eigenvalue weighted by Gasteiger charge is 2.09. The van der Waals surface area contributed by atoms with E-state index in [2.05, 4.69) is 31.0 Å². The molecule has 0 amide bonds. The Morgan fingerprint density at radius 3 is 1.65 bits per heavy atom. The summed E-state index contributed by atoms with van der Waals surface area (Å²) in [6, 6.07) is 21.6. The summed E-state index contributed by atoms with van der Waals surface area (Å²) in [4.78, 5) is 12.6. The molecule has 0 fully saturated rings. The fourth-order valence-electron chi connectivity index (χ4n) is 4.00. The largest absolute Gasteiger partial charge is 0.494 e. The third-order valence-corrected chi connectivity index (χ3v) is 6.49. The molecule has 6 nitrogen and oxygen atoms in total. The number of carbonyl (C=O) groups excluding carboxylic acids is 1. The van der Waals surface area contributed by atoms with Crippen LogP contribution in [0.15, 0.2) is 83.0 Å². The topological polar surface area (TPSA) is 69.5 Å². The first-order valence-corrected chi connectivity index (χ1v) is 14.7. The maximum Gasteiger partial charge on any atom is 0.343 e. The van der Waals surface area contributed by atoms with E-state index in [1.54, 1.807) is 36.4 Å². The highest BCUT2D eigenvalue weighted by Crippen LogP contribution is 2.24. The molecule has 0 aliphatic carbocycles. The van der Waals surface area contributed by atoms with Crippen molar-refractivity contribution in [2.24, 2.45) is 16.1 Å². The van der Waals surface area contributed by atoms with Crippen LogP contribution in [-0.4, -0.2) is 19.2 Å². The Bertz CT molecular complexity index is 1140. The average molecular weight is 545 g/mol. The molecule has 0 aliphatic rings. The first kappa shape index (κ1) is 30.9. The van der Waals surface area contributed by atoms with E-state index in [0.29, 0.717) is 36.1 Å². The molecule has 6 heteroatoms. The molecule has 0 bridgehead atoms. The van der Waals surface area contributed by atoms with E-state index in [9.17, 15) is 4.79 Å². The summed E-state index contributed by atoms with van der Waals surface area (Å²) in [6.45, 7) is 8.00. The Morgan fingerprint density at radius 2 is 1.10 bits per heavy atom. The number of hydrogen-bond donors (Lipinski definition) is 0. The highest BCUT2D eigenvalue weighted by molar-refractivity contribution is 5.91. The van der Waals surface area contributed by atoms with E-state index >= 15 is 0 Å². The Labute approximate surface area is 239 Å². The van der Waals surface area contributed by atoms with Crippen molar-refractivity contribution in [1.29, 1.82) is 0 Å². The highest BCUT2D eigenvalue weighted by atomic mass is 16.5. The molecule has 0 saturated carbocycles. The monoisotopic (exact) mass is 544 g/mol. The van der Waals surface area contributed by atoms with E-state index in [1.807, 2.05) is 36.4 Å². The van der Waals surface area contributed by atoms with Gasteiger partial charge in [-0.2, -0.15) is 10.2 Å². The van der Waals surface area contributed by atoms with Crippen LogP contribution in [0.4, 0.5) is 11.4 Å². The zero-order valence-electron chi connectivity index (χ0n) is 24.3. The predicted molar refractivity (Wildman–Crippen MR) is 162 cm³/mol. The molecule has 0 N–H and O–H groups in total. The van der Waals surface area contributed by atoms with Gasteiger partial charge in [0.2, 0.25) is 0 Å². The van der Waals surface area contributed by atoms with Crippen LogP contribution in [-0.2, 0) is 0 Å². The second-order valence-electron chi connectivity index (χ2n) is 10.5. The van der Waals surface area contributed by atoms with Crippen molar-refractivity contribution in [3.8, 4) is 17.2 Å². The van der Waals surface area contributed by atoms with Crippen molar-refractivity contribution in [2.75, 3.05) is 13.2 Å². The molecule has 0 heterocycles. The van der Waals surface area contributed by atoms with E-state index in [0.717, 1.165) is 30.0 Å². The molecule has 3 aromatic carbocycles. The lowest BCUT2D eigenvalue weighted by molar-refractivity contribution is 0.0734. The fourth-order valence-corrected chi connectivity index (χ4v) is 4.00. The van der Waals surface area contributed by atoms with Gasteiger partial charge in [-0.05, 0) is 91.6 Å². The number of unbranched alkanes of at least 4 members (excludes halogenated alkanes) is 7. The van der Waals surface area contributed by atoms with Gasteiger partial charge >= 0.3 is 5.97 Å². The zero-order chi connectivity index (χ0) is 28.4. The number of hydrogen-bond acceptors (Lipinski definition) is 6. The van der Waals surface area contributed by atoms with Gasteiger partial charge in [0.1, 0.15) is 17.2 Å². The molecule has 40 heavy (non-hydrogen) atoms. The number of benzene rings is 3. The number of esters is 1. The molecule has 0 atom stereocenters. The van der Waals surface area contributed by atoms with Crippen LogP contribution in [0.25, 0.3) is 0 Å². The normalized spacial score (nSPS) is 11.2. The third-order valence-electron chi connectivity index (χ3n) is 6.49. The molecule has 214 valence electrons. The number of rotatable bonds is 18. The number of ether oxygens (including phenoxy) is 3. The number of nitrogens with zero attached hydrogens (tertiary/aromatic N) is 2. The lowest BCUT2D eigenvalue weighted by Gasteiger charge is -2.08. The quantitative estimate of drug-likeness (QED) is 0.0691. The summed E-state index contributed by atoms with van der Waals surface area (Å²) in [5.74, 6) is 2.24. The summed E-state index contributed by atoms with van der Waals surface area (Å²) >= 11 is 0. The Morgan fingerprint density at radius 1 is 0.625 bits per heavy atom. The van der Waals surface area contributed by atoms with Gasteiger partial charge in [0.05, 0.1) is 30.2 Å². The minimum Gasteiger partial charge on any atom is -0.494 e. The SMILES string of the molecule is CCCCCCCCCCOc1ccc(C(=O)Oc2ccc(N=Nc3ccc(OCCC(C)C)cc3)cc2)cc1. The molecule has 0 unspecified atom stereocenters. The van der Waals surface area contributed by atoms with Gasteiger partial charge in [-0.15, -0.1) is 0 Å². The smallest absolute Gasteiger partial charge is 0.343 e. The van der Waals surface area contributed by atoms with Crippen LogP contribution in [0.5, 0.6) is 17.2 Å². The van der Waals surface area contributed by atoms with E-state index in [4.69, 9.17) is 14.2 Å². The molecule has 0 saturated heterocycles. The molecular formula is C34H44N2O4. The van der Waals surface area contributed by atoms with Crippen molar-refractivity contribution < 1.29 is 19.0 Å². The predicted octanol–water partition coefficient (Wildman–Crippen LogP) is 10.3. The van der Waals surface area contributed by atoms with Gasteiger partial charge in [-0.1, -0.05) is 65.7 Å². The van der Waals surface area contributed by atoms with Crippen LogP contribution < -0.4 is 14.2 Å². The standard InChI is InChI=1S/C34H44N2O4/c1-4-5-6-7-8-9-10-11-25-38-31-18-12-28(13-19-31)34(37)40-33-22-16-30(17-23-33)36-35-29-14-20-32(21-15-29)39-26-24-27(2)3/h12-23,27H,4-11,24-26H2,1-3H3. The lowest BCUT2D eigenvalue weighted by atomic mass is 10.1. The fraction of sp³-hybridized carbons (Fsp3) is 0.441. The van der Waals surface area contributed by atoms with Crippen molar-refractivity contribution in [1.82, 2.24) is 0 Å². The summed E-state index contributed by atoms with van der Waals surface area (Å²) in [5.41, 5.74) is 1.87. The van der Waals surface area contributed by atoms with Crippen molar-refractivity contribution >= 4 is 17.3 Å². The summed E-state index contributed by atoms with van der Waals surface area (Å²) in [6.07, 6.45) is 11.2. The molecule has 0 aliphatic heterocycles. The maximum atomic E-state index is 12.6. The third kappa shape index (κ3) is 12.0. The summed E-state index contributed by atoms with van der Waals surface area (Å²) in [7, 11) is 0. The summed E-state index contributed by atoms with van der Waals surface area (Å²) < 4.78 is 17.1. The van der Waals surface area contributed by atoms with Crippen molar-refractivity contribution in [3.63, 3.8) is 0 Å². The number of azo groups is 1. The van der Waals surface area contributed by atoms with Gasteiger partial charge in [-0.3, -0.25) is 0 Å². The van der Waals surface area contributed by atoms with Crippen molar-refractivity contribution in [2.45, 2.75) is 78.6 Å². The van der Waals surface area contributed by atoms with Crippen LogP contribution in [0.1, 0.15) is 88.9 Å². The number of carbonyl (C=O) groups is 1. The van der Waals surface area contributed by atoms with Gasteiger partial charge in [0, 0.05) is 0 Å². The average Bonchev–Trinajstić information content (AvgIpc) is 2.97. The van der Waals surface area contributed by atoms with Crippen LogP contribution in [0.2, 0.25) is 0 Å². The first-order chi connectivity index (χ1) is 19.5. The second kappa shape index (κ2) is 17.8. The molecule has 0 radical (unpaired) electrons. The molecule has 0 aromatic heterocycles. The van der Waals surface area contributed by atoms with Gasteiger partial charge < -0.3 is 14.2 Å². The van der Waals surface area contributed by atoms with E-state index in [-0.39, 0.29) is 0 Å². The van der Waals surface area contributed by atoms with E-state index in [1.165, 1.54) is 44.9 Å². The van der Waals surface area contributed by atoms with Gasteiger partial charge in [-0.25, -0.2) is 4.79 Å². The lowest BCUT2D eigenvalue weighted by Crippen LogP contribution is -2.08. The molecule has 0 spiro atoms. The van der Waals surface area contributed by atoms with Crippen LogP contribution >= 0.6 is 0 Å². The summed E-state index contributed by atoms with van der Waals surface area (Å²) in [5, 5.41) is 8.54. The Balaban J connectivity index is 1.37. The Hall–Kier alpha value is -3.67. The molecule has 3 rings (SSSR count). The van der Waals surface area contributed by atoms with E-state index < -0.39 is 5.97 Å². The first-order valence-electron chi connectivity index (χ1n) is 14.7. The minimum atomic E-state index is -0.417. The van der Waals surface area contributed by atoms with Gasteiger partial charge in [0.15, 0.2) is 0 Å².